The van der Waals surface area contributed by atoms with Crippen LogP contribution in [-0.4, -0.2) is 32.2 Å². The topological polar surface area (TPSA) is 73.9 Å². The van der Waals surface area contributed by atoms with Crippen molar-refractivity contribution in [3.05, 3.63) is 95.6 Å². The van der Waals surface area contributed by atoms with E-state index >= 15 is 0 Å². The molecule has 0 heterocycles. The standard InChI is InChI=1S/C25H25NO5/c1-17(31-25(28)20-14-21(29-2)16-22(15-20)30-3)24(27)26-23(18-10-6-4-7-11-18)19-12-8-5-9-13-19/h4-17,23H,1-3H3,(H,26,27)/t17-/m0/s1. The Morgan fingerprint density at radius 1 is 0.774 bits per heavy atom. The quantitative estimate of drug-likeness (QED) is 0.555. The number of amides is 1. The summed E-state index contributed by atoms with van der Waals surface area (Å²) in [6.45, 7) is 1.54. The van der Waals surface area contributed by atoms with Crippen molar-refractivity contribution in [2.45, 2.75) is 19.1 Å². The number of esters is 1. The predicted octanol–water partition coefficient (Wildman–Crippen LogP) is 4.15. The van der Waals surface area contributed by atoms with Crippen LogP contribution in [0.4, 0.5) is 0 Å². The van der Waals surface area contributed by atoms with Gasteiger partial charge in [-0.15, -0.1) is 0 Å². The second kappa shape index (κ2) is 10.3. The zero-order valence-corrected chi connectivity index (χ0v) is 17.7. The SMILES string of the molecule is COc1cc(OC)cc(C(=O)O[C@@H](C)C(=O)NC(c2ccccc2)c2ccccc2)c1. The van der Waals surface area contributed by atoms with Crippen LogP contribution in [0.25, 0.3) is 0 Å². The molecule has 3 aromatic rings. The van der Waals surface area contributed by atoms with Crippen molar-refractivity contribution in [2.24, 2.45) is 0 Å². The number of hydrogen-bond donors (Lipinski definition) is 1. The van der Waals surface area contributed by atoms with Crippen LogP contribution in [0.2, 0.25) is 0 Å². The van der Waals surface area contributed by atoms with Gasteiger partial charge >= 0.3 is 5.97 Å². The lowest BCUT2D eigenvalue weighted by Crippen LogP contribution is -2.38. The Labute approximate surface area is 181 Å². The first-order valence-corrected chi connectivity index (χ1v) is 9.86. The summed E-state index contributed by atoms with van der Waals surface area (Å²) in [6.07, 6.45) is -1.00. The molecule has 31 heavy (non-hydrogen) atoms. The number of ether oxygens (including phenoxy) is 3. The average Bonchev–Trinajstić information content (AvgIpc) is 2.82. The van der Waals surface area contributed by atoms with Gasteiger partial charge in [0.05, 0.1) is 25.8 Å². The second-order valence-electron chi connectivity index (χ2n) is 6.91. The first-order valence-electron chi connectivity index (χ1n) is 9.86. The van der Waals surface area contributed by atoms with Gasteiger partial charge in [0.25, 0.3) is 5.91 Å². The highest BCUT2D eigenvalue weighted by Gasteiger charge is 2.24. The molecule has 0 spiro atoms. The van der Waals surface area contributed by atoms with Crippen LogP contribution in [0.1, 0.15) is 34.5 Å². The van der Waals surface area contributed by atoms with Gasteiger partial charge in [-0.2, -0.15) is 0 Å². The summed E-state index contributed by atoms with van der Waals surface area (Å²) < 4.78 is 15.8. The minimum atomic E-state index is -1.00. The zero-order valence-electron chi connectivity index (χ0n) is 17.7. The Morgan fingerprint density at radius 3 is 1.71 bits per heavy atom. The van der Waals surface area contributed by atoms with Crippen LogP contribution in [-0.2, 0) is 9.53 Å². The maximum absolute atomic E-state index is 12.9. The highest BCUT2D eigenvalue weighted by Crippen LogP contribution is 2.24. The van der Waals surface area contributed by atoms with E-state index in [1.54, 1.807) is 6.07 Å². The minimum Gasteiger partial charge on any atom is -0.497 e. The van der Waals surface area contributed by atoms with Crippen molar-refractivity contribution in [3.63, 3.8) is 0 Å². The van der Waals surface area contributed by atoms with Crippen LogP contribution in [0, 0.1) is 0 Å². The number of benzene rings is 3. The number of nitrogens with one attached hydrogen (secondary N) is 1. The Balaban J connectivity index is 1.75. The van der Waals surface area contributed by atoms with E-state index in [0.29, 0.717) is 11.5 Å². The number of methoxy groups -OCH3 is 2. The molecule has 0 unspecified atom stereocenters. The van der Waals surface area contributed by atoms with Crippen molar-refractivity contribution >= 4 is 11.9 Å². The van der Waals surface area contributed by atoms with E-state index in [-0.39, 0.29) is 11.6 Å². The summed E-state index contributed by atoms with van der Waals surface area (Å²) in [7, 11) is 2.99. The zero-order chi connectivity index (χ0) is 22.2. The van der Waals surface area contributed by atoms with Crippen LogP contribution >= 0.6 is 0 Å². The van der Waals surface area contributed by atoms with E-state index in [4.69, 9.17) is 14.2 Å². The largest absolute Gasteiger partial charge is 0.497 e. The molecule has 0 saturated carbocycles. The van der Waals surface area contributed by atoms with E-state index < -0.39 is 18.0 Å². The normalized spacial score (nSPS) is 11.5. The summed E-state index contributed by atoms with van der Waals surface area (Å²) in [5.41, 5.74) is 2.09. The molecule has 0 aliphatic carbocycles. The van der Waals surface area contributed by atoms with E-state index in [1.807, 2.05) is 60.7 Å². The molecule has 1 N–H and O–H groups in total. The van der Waals surface area contributed by atoms with E-state index in [0.717, 1.165) is 11.1 Å². The fraction of sp³-hybridized carbons (Fsp3) is 0.200. The third-order valence-corrected chi connectivity index (χ3v) is 4.79. The molecule has 0 aliphatic rings. The van der Waals surface area contributed by atoms with E-state index in [2.05, 4.69) is 5.32 Å². The lowest BCUT2D eigenvalue weighted by Gasteiger charge is -2.22. The summed E-state index contributed by atoms with van der Waals surface area (Å²) in [6, 6.07) is 23.6. The molecule has 3 aromatic carbocycles. The Bertz CT molecular complexity index is 959. The predicted molar refractivity (Wildman–Crippen MR) is 117 cm³/mol. The molecule has 0 aliphatic heterocycles. The summed E-state index contributed by atoms with van der Waals surface area (Å²) in [4.78, 5) is 25.5. The van der Waals surface area contributed by atoms with Crippen LogP contribution in [0.15, 0.2) is 78.9 Å². The van der Waals surface area contributed by atoms with Crippen molar-refractivity contribution in [3.8, 4) is 11.5 Å². The van der Waals surface area contributed by atoms with Gasteiger partial charge < -0.3 is 19.5 Å². The maximum atomic E-state index is 12.9. The minimum absolute atomic E-state index is 0.235. The van der Waals surface area contributed by atoms with Crippen LogP contribution < -0.4 is 14.8 Å². The molecule has 3 rings (SSSR count). The Morgan fingerprint density at radius 2 is 1.26 bits per heavy atom. The van der Waals surface area contributed by atoms with Gasteiger partial charge in [0.15, 0.2) is 6.10 Å². The fourth-order valence-electron chi connectivity index (χ4n) is 3.12. The molecule has 1 amide bonds. The first kappa shape index (κ1) is 21.9. The lowest BCUT2D eigenvalue weighted by molar-refractivity contribution is -0.129. The first-order chi connectivity index (χ1) is 15.0. The third kappa shape index (κ3) is 5.63. The molecule has 6 nitrogen and oxygen atoms in total. The van der Waals surface area contributed by atoms with Crippen molar-refractivity contribution in [2.75, 3.05) is 14.2 Å². The molecule has 0 aromatic heterocycles. The number of hydrogen-bond acceptors (Lipinski definition) is 5. The Hall–Kier alpha value is -3.80. The summed E-state index contributed by atoms with van der Waals surface area (Å²) >= 11 is 0. The van der Waals surface area contributed by atoms with Gasteiger partial charge in [0, 0.05) is 6.07 Å². The van der Waals surface area contributed by atoms with Gasteiger partial charge in [-0.05, 0) is 30.2 Å². The Kier molecular flexibility index (Phi) is 7.27. The molecule has 0 saturated heterocycles. The molecular weight excluding hydrogens is 394 g/mol. The lowest BCUT2D eigenvalue weighted by atomic mass is 9.98. The van der Waals surface area contributed by atoms with Gasteiger partial charge in [0.2, 0.25) is 0 Å². The molecule has 0 radical (unpaired) electrons. The highest BCUT2D eigenvalue weighted by molar-refractivity contribution is 5.93. The van der Waals surface area contributed by atoms with Gasteiger partial charge in [0.1, 0.15) is 11.5 Å². The number of carbonyl (C=O) groups is 2. The summed E-state index contributed by atoms with van der Waals surface area (Å²) in [5, 5.41) is 2.99. The third-order valence-electron chi connectivity index (χ3n) is 4.79. The number of carbonyl (C=O) groups excluding carboxylic acids is 2. The molecule has 0 fully saturated rings. The number of rotatable bonds is 8. The smallest absolute Gasteiger partial charge is 0.339 e. The molecule has 160 valence electrons. The highest BCUT2D eigenvalue weighted by atomic mass is 16.5. The molecule has 6 heteroatoms. The van der Waals surface area contributed by atoms with E-state index in [9.17, 15) is 9.59 Å². The van der Waals surface area contributed by atoms with Gasteiger partial charge in [-0.3, -0.25) is 4.79 Å². The molecular formula is C25H25NO5. The van der Waals surface area contributed by atoms with Crippen molar-refractivity contribution in [1.29, 1.82) is 0 Å². The van der Waals surface area contributed by atoms with Crippen LogP contribution in [0.3, 0.4) is 0 Å². The summed E-state index contributed by atoms with van der Waals surface area (Å²) in [5.74, 6) is -0.134. The fourth-order valence-corrected chi connectivity index (χ4v) is 3.12. The van der Waals surface area contributed by atoms with Crippen LogP contribution in [0.5, 0.6) is 11.5 Å². The molecule has 1 atom stereocenters. The van der Waals surface area contributed by atoms with Crippen molar-refractivity contribution < 1.29 is 23.8 Å². The van der Waals surface area contributed by atoms with E-state index in [1.165, 1.54) is 33.3 Å². The average molecular weight is 419 g/mol. The molecule has 0 bridgehead atoms. The van der Waals surface area contributed by atoms with Gasteiger partial charge in [-0.25, -0.2) is 4.79 Å². The monoisotopic (exact) mass is 419 g/mol. The van der Waals surface area contributed by atoms with Crippen molar-refractivity contribution in [1.82, 2.24) is 5.32 Å². The maximum Gasteiger partial charge on any atom is 0.339 e. The van der Waals surface area contributed by atoms with Gasteiger partial charge in [-0.1, -0.05) is 60.7 Å². The second-order valence-corrected chi connectivity index (χ2v) is 6.91.